The first-order valence-electron chi connectivity index (χ1n) is 6.99. The summed E-state index contributed by atoms with van der Waals surface area (Å²) < 4.78 is 5.51. The third-order valence-electron chi connectivity index (χ3n) is 3.59. The standard InChI is InChI=1S/C17H19NO2/c19-12-15-3-1-2-13(8-15)10-18-11-14-4-5-17-16(9-14)6-7-20-17/h1-5,8-9,18-19H,6-7,10-12H2. The molecule has 1 aliphatic rings. The molecule has 2 N–H and O–H groups in total. The molecule has 3 heteroatoms. The Balaban J connectivity index is 1.57. The fourth-order valence-corrected chi connectivity index (χ4v) is 2.54. The normalized spacial score (nSPS) is 13.1. The third kappa shape index (κ3) is 3.00. The van der Waals surface area contributed by atoms with Gasteiger partial charge in [-0.25, -0.2) is 0 Å². The number of fused-ring (bicyclic) bond motifs is 1. The molecule has 0 aromatic heterocycles. The van der Waals surface area contributed by atoms with Gasteiger partial charge in [-0.05, 0) is 28.3 Å². The summed E-state index contributed by atoms with van der Waals surface area (Å²) in [6.07, 6.45) is 1.02. The lowest BCUT2D eigenvalue weighted by atomic mass is 10.1. The number of aliphatic hydroxyl groups is 1. The van der Waals surface area contributed by atoms with E-state index in [0.717, 1.165) is 37.4 Å². The Morgan fingerprint density at radius 3 is 2.65 bits per heavy atom. The van der Waals surface area contributed by atoms with Crippen LogP contribution < -0.4 is 10.1 Å². The van der Waals surface area contributed by atoms with E-state index in [-0.39, 0.29) is 6.61 Å². The highest BCUT2D eigenvalue weighted by atomic mass is 16.5. The molecule has 20 heavy (non-hydrogen) atoms. The molecular weight excluding hydrogens is 250 g/mol. The van der Waals surface area contributed by atoms with Gasteiger partial charge in [0.05, 0.1) is 13.2 Å². The molecule has 0 unspecified atom stereocenters. The molecule has 0 fully saturated rings. The monoisotopic (exact) mass is 269 g/mol. The van der Waals surface area contributed by atoms with E-state index in [1.54, 1.807) is 0 Å². The number of rotatable bonds is 5. The SMILES string of the molecule is OCc1cccc(CNCc2ccc3c(c2)CCO3)c1. The summed E-state index contributed by atoms with van der Waals surface area (Å²) in [7, 11) is 0. The summed E-state index contributed by atoms with van der Waals surface area (Å²) in [5.74, 6) is 1.03. The first-order valence-corrected chi connectivity index (χ1v) is 6.99. The molecule has 0 amide bonds. The Morgan fingerprint density at radius 2 is 1.80 bits per heavy atom. The molecule has 3 rings (SSSR count). The number of hydrogen-bond donors (Lipinski definition) is 2. The molecule has 0 spiro atoms. The van der Waals surface area contributed by atoms with Gasteiger partial charge in [-0.15, -0.1) is 0 Å². The number of benzene rings is 2. The van der Waals surface area contributed by atoms with Crippen LogP contribution in [0.15, 0.2) is 42.5 Å². The summed E-state index contributed by atoms with van der Waals surface area (Å²) in [5, 5.41) is 12.6. The van der Waals surface area contributed by atoms with E-state index in [4.69, 9.17) is 9.84 Å². The lowest BCUT2D eigenvalue weighted by Gasteiger charge is -2.07. The minimum absolute atomic E-state index is 0.0959. The second-order valence-electron chi connectivity index (χ2n) is 5.12. The van der Waals surface area contributed by atoms with Crippen molar-refractivity contribution in [2.45, 2.75) is 26.1 Å². The van der Waals surface area contributed by atoms with Gasteiger partial charge in [0.15, 0.2) is 0 Å². The zero-order chi connectivity index (χ0) is 13.8. The molecule has 0 radical (unpaired) electrons. The summed E-state index contributed by atoms with van der Waals surface area (Å²) in [6, 6.07) is 14.4. The topological polar surface area (TPSA) is 41.5 Å². The van der Waals surface area contributed by atoms with Crippen LogP contribution in [0.1, 0.15) is 22.3 Å². The highest BCUT2D eigenvalue weighted by Crippen LogP contribution is 2.25. The van der Waals surface area contributed by atoms with E-state index in [0.29, 0.717) is 0 Å². The maximum Gasteiger partial charge on any atom is 0.122 e. The van der Waals surface area contributed by atoms with Crippen LogP contribution in [0.5, 0.6) is 5.75 Å². The van der Waals surface area contributed by atoms with Crippen molar-refractivity contribution in [1.82, 2.24) is 5.32 Å². The van der Waals surface area contributed by atoms with Crippen LogP contribution in [-0.2, 0) is 26.1 Å². The van der Waals surface area contributed by atoms with Gasteiger partial charge in [-0.3, -0.25) is 0 Å². The number of ether oxygens (including phenoxy) is 1. The molecule has 0 atom stereocenters. The highest BCUT2D eigenvalue weighted by molar-refractivity contribution is 5.39. The van der Waals surface area contributed by atoms with Crippen LogP contribution in [0.4, 0.5) is 0 Å². The maximum atomic E-state index is 9.12. The summed E-state index contributed by atoms with van der Waals surface area (Å²) in [4.78, 5) is 0. The lowest BCUT2D eigenvalue weighted by Crippen LogP contribution is -2.12. The largest absolute Gasteiger partial charge is 0.493 e. The molecule has 1 aliphatic heterocycles. The Hall–Kier alpha value is -1.84. The fraction of sp³-hybridized carbons (Fsp3) is 0.294. The molecule has 3 nitrogen and oxygen atoms in total. The van der Waals surface area contributed by atoms with E-state index in [2.05, 4.69) is 29.6 Å². The van der Waals surface area contributed by atoms with Crippen molar-refractivity contribution in [3.63, 3.8) is 0 Å². The van der Waals surface area contributed by atoms with Crippen molar-refractivity contribution in [1.29, 1.82) is 0 Å². The molecule has 0 saturated carbocycles. The van der Waals surface area contributed by atoms with Crippen LogP contribution in [0.25, 0.3) is 0 Å². The van der Waals surface area contributed by atoms with Crippen molar-refractivity contribution in [2.24, 2.45) is 0 Å². The fourth-order valence-electron chi connectivity index (χ4n) is 2.54. The minimum Gasteiger partial charge on any atom is -0.493 e. The van der Waals surface area contributed by atoms with E-state index >= 15 is 0 Å². The summed E-state index contributed by atoms with van der Waals surface area (Å²) >= 11 is 0. The Bertz CT molecular complexity index is 595. The Kier molecular flexibility index (Phi) is 4.00. The van der Waals surface area contributed by atoms with Crippen molar-refractivity contribution in [2.75, 3.05) is 6.61 Å². The first kappa shape index (κ1) is 13.2. The quantitative estimate of drug-likeness (QED) is 0.876. The molecular formula is C17H19NO2. The Morgan fingerprint density at radius 1 is 1.00 bits per heavy atom. The lowest BCUT2D eigenvalue weighted by molar-refractivity contribution is 0.281. The minimum atomic E-state index is 0.0959. The van der Waals surface area contributed by atoms with Crippen LogP contribution in [-0.4, -0.2) is 11.7 Å². The van der Waals surface area contributed by atoms with Crippen LogP contribution in [0.3, 0.4) is 0 Å². The predicted octanol–water partition coefficient (Wildman–Crippen LogP) is 2.40. The van der Waals surface area contributed by atoms with Crippen molar-refractivity contribution in [3.05, 3.63) is 64.7 Å². The van der Waals surface area contributed by atoms with Gasteiger partial charge in [0.1, 0.15) is 5.75 Å². The predicted molar refractivity (Wildman–Crippen MR) is 78.5 cm³/mol. The average Bonchev–Trinajstić information content (AvgIpc) is 2.95. The van der Waals surface area contributed by atoms with Gasteiger partial charge in [-0.1, -0.05) is 36.4 Å². The molecule has 0 aliphatic carbocycles. The molecule has 0 saturated heterocycles. The molecule has 2 aromatic rings. The van der Waals surface area contributed by atoms with Gasteiger partial charge >= 0.3 is 0 Å². The molecule has 104 valence electrons. The third-order valence-corrected chi connectivity index (χ3v) is 3.59. The second kappa shape index (κ2) is 6.07. The van der Waals surface area contributed by atoms with Gasteiger partial charge in [0, 0.05) is 19.5 Å². The first-order chi connectivity index (χ1) is 9.85. The summed E-state index contributed by atoms with van der Waals surface area (Å²) in [6.45, 7) is 2.55. The van der Waals surface area contributed by atoms with Crippen molar-refractivity contribution < 1.29 is 9.84 Å². The van der Waals surface area contributed by atoms with Crippen molar-refractivity contribution in [3.8, 4) is 5.75 Å². The van der Waals surface area contributed by atoms with Gasteiger partial charge < -0.3 is 15.2 Å². The molecule has 2 aromatic carbocycles. The summed E-state index contributed by atoms with van der Waals surface area (Å²) in [5.41, 5.74) is 4.75. The zero-order valence-corrected chi connectivity index (χ0v) is 11.4. The van der Waals surface area contributed by atoms with E-state index in [9.17, 15) is 0 Å². The van der Waals surface area contributed by atoms with E-state index in [1.807, 2.05) is 18.2 Å². The molecule has 0 bridgehead atoms. The van der Waals surface area contributed by atoms with Crippen molar-refractivity contribution >= 4 is 0 Å². The average molecular weight is 269 g/mol. The number of hydrogen-bond acceptors (Lipinski definition) is 3. The smallest absolute Gasteiger partial charge is 0.122 e. The van der Waals surface area contributed by atoms with Gasteiger partial charge in [0.25, 0.3) is 0 Å². The maximum absolute atomic E-state index is 9.12. The number of aliphatic hydroxyl groups excluding tert-OH is 1. The zero-order valence-electron chi connectivity index (χ0n) is 11.4. The van der Waals surface area contributed by atoms with Crippen LogP contribution >= 0.6 is 0 Å². The van der Waals surface area contributed by atoms with Gasteiger partial charge in [0.2, 0.25) is 0 Å². The molecule has 1 heterocycles. The van der Waals surface area contributed by atoms with Gasteiger partial charge in [-0.2, -0.15) is 0 Å². The van der Waals surface area contributed by atoms with E-state index < -0.39 is 0 Å². The number of nitrogens with one attached hydrogen (secondary N) is 1. The van der Waals surface area contributed by atoms with E-state index in [1.165, 1.54) is 16.7 Å². The highest BCUT2D eigenvalue weighted by Gasteiger charge is 2.11. The Labute approximate surface area is 119 Å². The second-order valence-corrected chi connectivity index (χ2v) is 5.12. The van der Waals surface area contributed by atoms with Crippen LogP contribution in [0.2, 0.25) is 0 Å². The van der Waals surface area contributed by atoms with Crippen LogP contribution in [0, 0.1) is 0 Å².